The van der Waals surface area contributed by atoms with Crippen molar-refractivity contribution in [2.45, 2.75) is 12.8 Å². The van der Waals surface area contributed by atoms with Crippen LogP contribution < -0.4 is 10.6 Å². The Kier molecular flexibility index (Phi) is 3.10. The standard InChI is InChI=1S/C12H16N2O2/c13-7-9-1-6-12(16)14(8-9)10-2-4-11(15)5-3-10/h2-5,9,15H,1,6-8,13H2. The van der Waals surface area contributed by atoms with Crippen LogP contribution >= 0.6 is 0 Å². The van der Waals surface area contributed by atoms with Crippen LogP contribution in [0.2, 0.25) is 0 Å². The number of nitrogens with zero attached hydrogens (tertiary/aromatic N) is 1. The summed E-state index contributed by atoms with van der Waals surface area (Å²) in [5, 5.41) is 9.20. The number of hydrogen-bond donors (Lipinski definition) is 2. The van der Waals surface area contributed by atoms with E-state index in [1.54, 1.807) is 29.2 Å². The fraction of sp³-hybridized carbons (Fsp3) is 0.417. The van der Waals surface area contributed by atoms with Gasteiger partial charge in [-0.1, -0.05) is 0 Å². The first-order valence-electron chi connectivity index (χ1n) is 5.50. The summed E-state index contributed by atoms with van der Waals surface area (Å²) < 4.78 is 0. The zero-order valence-corrected chi connectivity index (χ0v) is 9.10. The molecule has 1 aromatic rings. The number of piperidine rings is 1. The van der Waals surface area contributed by atoms with Gasteiger partial charge in [0.05, 0.1) is 0 Å². The van der Waals surface area contributed by atoms with Gasteiger partial charge in [0.1, 0.15) is 5.75 Å². The van der Waals surface area contributed by atoms with Crippen molar-refractivity contribution in [3.8, 4) is 5.75 Å². The van der Waals surface area contributed by atoms with Crippen molar-refractivity contribution in [3.05, 3.63) is 24.3 Å². The molecule has 3 N–H and O–H groups in total. The van der Waals surface area contributed by atoms with Crippen LogP contribution in [0.1, 0.15) is 12.8 Å². The first-order chi connectivity index (χ1) is 7.70. The smallest absolute Gasteiger partial charge is 0.226 e. The molecule has 2 rings (SSSR count). The molecule has 16 heavy (non-hydrogen) atoms. The number of nitrogens with two attached hydrogens (primary N) is 1. The van der Waals surface area contributed by atoms with Crippen LogP contribution in [-0.4, -0.2) is 24.1 Å². The van der Waals surface area contributed by atoms with Gasteiger partial charge in [-0.3, -0.25) is 4.79 Å². The van der Waals surface area contributed by atoms with E-state index in [-0.39, 0.29) is 11.7 Å². The molecule has 0 saturated carbocycles. The predicted octanol–water partition coefficient (Wildman–Crippen LogP) is 1.09. The lowest BCUT2D eigenvalue weighted by molar-refractivity contribution is -0.120. The number of rotatable bonds is 2. The molecule has 0 bridgehead atoms. The van der Waals surface area contributed by atoms with Crippen molar-refractivity contribution in [2.75, 3.05) is 18.0 Å². The topological polar surface area (TPSA) is 66.6 Å². The van der Waals surface area contributed by atoms with Gasteiger partial charge in [-0.15, -0.1) is 0 Å². The minimum Gasteiger partial charge on any atom is -0.508 e. The normalized spacial score (nSPS) is 21.2. The molecular weight excluding hydrogens is 204 g/mol. The van der Waals surface area contributed by atoms with E-state index < -0.39 is 0 Å². The maximum absolute atomic E-state index is 11.8. The molecule has 1 heterocycles. The van der Waals surface area contributed by atoms with Crippen LogP contribution in [0.3, 0.4) is 0 Å². The third-order valence-electron chi connectivity index (χ3n) is 3.00. The molecule has 0 aromatic heterocycles. The Morgan fingerprint density at radius 1 is 1.38 bits per heavy atom. The summed E-state index contributed by atoms with van der Waals surface area (Å²) in [6.45, 7) is 1.29. The SMILES string of the molecule is NCC1CCC(=O)N(c2ccc(O)cc2)C1. The highest BCUT2D eigenvalue weighted by Gasteiger charge is 2.25. The molecule has 1 aromatic carbocycles. The van der Waals surface area contributed by atoms with Gasteiger partial charge < -0.3 is 15.7 Å². The minimum atomic E-state index is 0.135. The number of phenolic OH excluding ortho intramolecular Hbond substituents is 1. The lowest BCUT2D eigenvalue weighted by Crippen LogP contribution is -2.42. The maximum Gasteiger partial charge on any atom is 0.226 e. The Morgan fingerprint density at radius 2 is 2.06 bits per heavy atom. The average molecular weight is 220 g/mol. The monoisotopic (exact) mass is 220 g/mol. The van der Waals surface area contributed by atoms with Crippen molar-refractivity contribution in [1.29, 1.82) is 0 Å². The number of aromatic hydroxyl groups is 1. The Morgan fingerprint density at radius 3 is 2.69 bits per heavy atom. The third-order valence-corrected chi connectivity index (χ3v) is 3.00. The van der Waals surface area contributed by atoms with E-state index in [2.05, 4.69) is 0 Å². The molecule has 1 aliphatic rings. The van der Waals surface area contributed by atoms with Crippen molar-refractivity contribution < 1.29 is 9.90 Å². The Bertz CT molecular complexity index is 375. The summed E-state index contributed by atoms with van der Waals surface area (Å²) >= 11 is 0. The number of phenols is 1. The summed E-state index contributed by atoms with van der Waals surface area (Å²) in [7, 11) is 0. The van der Waals surface area contributed by atoms with Crippen LogP contribution in [-0.2, 0) is 4.79 Å². The molecule has 86 valence electrons. The number of carbonyl (C=O) groups is 1. The van der Waals surface area contributed by atoms with Gasteiger partial charge in [0.25, 0.3) is 0 Å². The Balaban J connectivity index is 2.17. The lowest BCUT2D eigenvalue weighted by Gasteiger charge is -2.32. The number of benzene rings is 1. The second-order valence-corrected chi connectivity index (χ2v) is 4.16. The molecule has 0 radical (unpaired) electrons. The molecular formula is C12H16N2O2. The zero-order valence-electron chi connectivity index (χ0n) is 9.10. The van der Waals surface area contributed by atoms with E-state index in [9.17, 15) is 9.90 Å². The highest BCUT2D eigenvalue weighted by atomic mass is 16.3. The molecule has 1 atom stereocenters. The molecule has 1 aliphatic heterocycles. The van der Waals surface area contributed by atoms with Crippen molar-refractivity contribution in [1.82, 2.24) is 0 Å². The second-order valence-electron chi connectivity index (χ2n) is 4.16. The van der Waals surface area contributed by atoms with Gasteiger partial charge in [0.15, 0.2) is 0 Å². The molecule has 1 fully saturated rings. The van der Waals surface area contributed by atoms with E-state index in [0.717, 1.165) is 12.1 Å². The molecule has 4 heteroatoms. The first kappa shape index (κ1) is 11.0. The van der Waals surface area contributed by atoms with E-state index in [4.69, 9.17) is 5.73 Å². The fourth-order valence-corrected chi connectivity index (χ4v) is 1.99. The van der Waals surface area contributed by atoms with Crippen molar-refractivity contribution in [3.63, 3.8) is 0 Å². The minimum absolute atomic E-state index is 0.135. The summed E-state index contributed by atoms with van der Waals surface area (Å²) in [6, 6.07) is 6.70. The van der Waals surface area contributed by atoms with E-state index in [1.165, 1.54) is 0 Å². The van der Waals surface area contributed by atoms with E-state index in [1.807, 2.05) is 0 Å². The molecule has 0 spiro atoms. The molecule has 0 aliphatic carbocycles. The largest absolute Gasteiger partial charge is 0.508 e. The molecule has 1 saturated heterocycles. The number of anilines is 1. The maximum atomic E-state index is 11.8. The lowest BCUT2D eigenvalue weighted by atomic mass is 9.97. The van der Waals surface area contributed by atoms with Crippen LogP contribution in [0.4, 0.5) is 5.69 Å². The van der Waals surface area contributed by atoms with Crippen LogP contribution in [0.5, 0.6) is 5.75 Å². The third kappa shape index (κ3) is 2.17. The quantitative estimate of drug-likeness (QED) is 0.784. The summed E-state index contributed by atoms with van der Waals surface area (Å²) in [4.78, 5) is 13.5. The highest BCUT2D eigenvalue weighted by Crippen LogP contribution is 2.25. The van der Waals surface area contributed by atoms with Crippen LogP contribution in [0.15, 0.2) is 24.3 Å². The van der Waals surface area contributed by atoms with Gasteiger partial charge in [-0.25, -0.2) is 0 Å². The number of carbonyl (C=O) groups excluding carboxylic acids is 1. The number of hydrogen-bond acceptors (Lipinski definition) is 3. The first-order valence-corrected chi connectivity index (χ1v) is 5.50. The van der Waals surface area contributed by atoms with Gasteiger partial charge in [0.2, 0.25) is 5.91 Å². The van der Waals surface area contributed by atoms with Gasteiger partial charge in [-0.05, 0) is 43.1 Å². The Labute approximate surface area is 94.7 Å². The van der Waals surface area contributed by atoms with E-state index in [0.29, 0.717) is 25.4 Å². The predicted molar refractivity (Wildman–Crippen MR) is 62.2 cm³/mol. The molecule has 1 unspecified atom stereocenters. The molecule has 1 amide bonds. The summed E-state index contributed by atoms with van der Waals surface area (Å²) in [5.41, 5.74) is 6.47. The van der Waals surface area contributed by atoms with Crippen molar-refractivity contribution in [2.24, 2.45) is 11.7 Å². The zero-order chi connectivity index (χ0) is 11.5. The van der Waals surface area contributed by atoms with Gasteiger partial charge in [0, 0.05) is 18.7 Å². The second kappa shape index (κ2) is 4.53. The van der Waals surface area contributed by atoms with Crippen molar-refractivity contribution >= 4 is 11.6 Å². The van der Waals surface area contributed by atoms with Gasteiger partial charge >= 0.3 is 0 Å². The van der Waals surface area contributed by atoms with Crippen LogP contribution in [0, 0.1) is 5.92 Å². The fourth-order valence-electron chi connectivity index (χ4n) is 1.99. The summed E-state index contributed by atoms with van der Waals surface area (Å²) in [6.07, 6.45) is 1.44. The Hall–Kier alpha value is -1.55. The van der Waals surface area contributed by atoms with Gasteiger partial charge in [-0.2, -0.15) is 0 Å². The summed E-state index contributed by atoms with van der Waals surface area (Å²) in [5.74, 6) is 0.727. The number of amides is 1. The average Bonchev–Trinajstić information content (AvgIpc) is 2.31. The molecule has 4 nitrogen and oxygen atoms in total. The van der Waals surface area contributed by atoms with Crippen LogP contribution in [0.25, 0.3) is 0 Å². The highest BCUT2D eigenvalue weighted by molar-refractivity contribution is 5.94. The van der Waals surface area contributed by atoms with E-state index >= 15 is 0 Å².